The molecule has 2 heterocycles. The van der Waals surface area contributed by atoms with Crippen LogP contribution in [-0.4, -0.2) is 62.2 Å². The molecular formula is C18H20ClN5O4. The van der Waals surface area contributed by atoms with Gasteiger partial charge in [-0.25, -0.2) is 0 Å². The number of methoxy groups -OCH3 is 1. The average molecular weight is 406 g/mol. The normalized spacial score (nSPS) is 23.8. The van der Waals surface area contributed by atoms with Crippen LogP contribution in [0.3, 0.4) is 0 Å². The third kappa shape index (κ3) is 4.10. The highest BCUT2D eigenvalue weighted by Crippen LogP contribution is 2.30. The highest BCUT2D eigenvalue weighted by Gasteiger charge is 2.41. The zero-order valence-electron chi connectivity index (χ0n) is 15.0. The first kappa shape index (κ1) is 20.1. The number of aliphatic hydroxyl groups is 3. The SMILES string of the molecule is COc1ccncc1C#Cc1c(Cl)nc(N)nc1N[C@@H]1C[C@H](CO)[C@@H](O)[C@H]1O. The van der Waals surface area contributed by atoms with Gasteiger partial charge in [0.1, 0.15) is 23.2 Å². The first-order valence-corrected chi connectivity index (χ1v) is 8.89. The Morgan fingerprint density at radius 1 is 1.32 bits per heavy atom. The second-order valence-corrected chi connectivity index (χ2v) is 6.69. The minimum absolute atomic E-state index is 0.0390. The molecule has 148 valence electrons. The number of aromatic nitrogens is 3. The van der Waals surface area contributed by atoms with E-state index in [2.05, 4.69) is 32.1 Å². The molecule has 0 bridgehead atoms. The maximum Gasteiger partial charge on any atom is 0.223 e. The largest absolute Gasteiger partial charge is 0.495 e. The number of nitrogens with two attached hydrogens (primary N) is 1. The fourth-order valence-corrected chi connectivity index (χ4v) is 3.30. The fourth-order valence-electron chi connectivity index (χ4n) is 3.07. The number of ether oxygens (including phenoxy) is 1. The Morgan fingerprint density at radius 2 is 2.11 bits per heavy atom. The zero-order valence-corrected chi connectivity index (χ0v) is 15.8. The van der Waals surface area contributed by atoms with E-state index in [9.17, 15) is 15.3 Å². The van der Waals surface area contributed by atoms with Crippen molar-refractivity contribution in [3.8, 4) is 17.6 Å². The van der Waals surface area contributed by atoms with Crippen molar-refractivity contribution >= 4 is 23.4 Å². The van der Waals surface area contributed by atoms with E-state index in [-0.39, 0.29) is 29.1 Å². The van der Waals surface area contributed by atoms with Crippen LogP contribution in [0.1, 0.15) is 17.5 Å². The molecule has 3 rings (SSSR count). The highest BCUT2D eigenvalue weighted by molar-refractivity contribution is 6.31. The van der Waals surface area contributed by atoms with Crippen molar-refractivity contribution in [3.63, 3.8) is 0 Å². The summed E-state index contributed by atoms with van der Waals surface area (Å²) in [5, 5.41) is 32.6. The minimum atomic E-state index is -1.09. The second-order valence-electron chi connectivity index (χ2n) is 6.33. The molecule has 0 spiro atoms. The van der Waals surface area contributed by atoms with Crippen LogP contribution in [0, 0.1) is 17.8 Å². The topological polar surface area (TPSA) is 147 Å². The van der Waals surface area contributed by atoms with Gasteiger partial charge in [-0.05, 0) is 12.5 Å². The van der Waals surface area contributed by atoms with Gasteiger partial charge < -0.3 is 31.1 Å². The van der Waals surface area contributed by atoms with E-state index in [0.717, 1.165) is 0 Å². The van der Waals surface area contributed by atoms with Gasteiger partial charge in [-0.1, -0.05) is 23.4 Å². The van der Waals surface area contributed by atoms with Gasteiger partial charge in [-0.3, -0.25) is 4.98 Å². The predicted molar refractivity (Wildman–Crippen MR) is 103 cm³/mol. The van der Waals surface area contributed by atoms with Gasteiger partial charge in [0.25, 0.3) is 0 Å². The van der Waals surface area contributed by atoms with Crippen molar-refractivity contribution in [3.05, 3.63) is 34.7 Å². The van der Waals surface area contributed by atoms with Crippen LogP contribution in [0.15, 0.2) is 18.5 Å². The third-order valence-corrected chi connectivity index (χ3v) is 4.84. The Morgan fingerprint density at radius 3 is 2.79 bits per heavy atom. The molecule has 0 saturated heterocycles. The van der Waals surface area contributed by atoms with E-state index in [1.807, 2.05) is 0 Å². The van der Waals surface area contributed by atoms with Crippen LogP contribution in [0.5, 0.6) is 5.75 Å². The summed E-state index contributed by atoms with van der Waals surface area (Å²) in [5.74, 6) is 6.05. The number of pyridine rings is 1. The molecule has 0 aromatic carbocycles. The molecule has 0 amide bonds. The van der Waals surface area contributed by atoms with Crippen LogP contribution < -0.4 is 15.8 Å². The predicted octanol–water partition coefficient (Wildman–Crippen LogP) is 0.0301. The Kier molecular flexibility index (Phi) is 6.16. The molecule has 1 fully saturated rings. The lowest BCUT2D eigenvalue weighted by molar-refractivity contribution is 0.00445. The first-order valence-electron chi connectivity index (χ1n) is 8.51. The smallest absolute Gasteiger partial charge is 0.223 e. The van der Waals surface area contributed by atoms with Crippen molar-refractivity contribution in [1.29, 1.82) is 0 Å². The molecule has 0 unspecified atom stereocenters. The molecule has 6 N–H and O–H groups in total. The number of hydrogen-bond donors (Lipinski definition) is 5. The van der Waals surface area contributed by atoms with Crippen molar-refractivity contribution in [1.82, 2.24) is 15.0 Å². The van der Waals surface area contributed by atoms with Crippen molar-refractivity contribution in [2.75, 3.05) is 24.8 Å². The lowest BCUT2D eigenvalue weighted by Gasteiger charge is -2.19. The average Bonchev–Trinajstić information content (AvgIpc) is 2.95. The maximum absolute atomic E-state index is 10.2. The number of aliphatic hydroxyl groups excluding tert-OH is 3. The summed E-state index contributed by atoms with van der Waals surface area (Å²) >= 11 is 6.21. The number of nitrogen functional groups attached to an aromatic ring is 1. The van der Waals surface area contributed by atoms with Crippen molar-refractivity contribution in [2.24, 2.45) is 5.92 Å². The third-order valence-electron chi connectivity index (χ3n) is 4.56. The molecule has 0 aliphatic heterocycles. The maximum atomic E-state index is 10.2. The molecule has 0 radical (unpaired) electrons. The lowest BCUT2D eigenvalue weighted by Crippen LogP contribution is -2.35. The molecule has 1 aliphatic carbocycles. The second kappa shape index (κ2) is 8.58. The molecule has 1 saturated carbocycles. The number of nitrogens with zero attached hydrogens (tertiary/aromatic N) is 3. The van der Waals surface area contributed by atoms with E-state index in [1.54, 1.807) is 18.5 Å². The number of rotatable bonds is 4. The summed E-state index contributed by atoms with van der Waals surface area (Å²) in [7, 11) is 1.52. The molecule has 1 aliphatic rings. The summed E-state index contributed by atoms with van der Waals surface area (Å²) in [6.45, 7) is -0.240. The number of hydrogen-bond acceptors (Lipinski definition) is 9. The fraction of sp³-hybridized carbons (Fsp3) is 0.389. The van der Waals surface area contributed by atoms with E-state index >= 15 is 0 Å². The molecule has 4 atom stereocenters. The lowest BCUT2D eigenvalue weighted by atomic mass is 10.1. The summed E-state index contributed by atoms with van der Waals surface area (Å²) in [6.07, 6.45) is 1.33. The highest BCUT2D eigenvalue weighted by atomic mass is 35.5. The van der Waals surface area contributed by atoms with Crippen LogP contribution >= 0.6 is 11.6 Å². The number of halogens is 1. The van der Waals surface area contributed by atoms with Gasteiger partial charge in [-0.15, -0.1) is 0 Å². The Labute approximate surface area is 166 Å². The van der Waals surface area contributed by atoms with Gasteiger partial charge in [0.15, 0.2) is 5.15 Å². The Bertz CT molecular complexity index is 917. The van der Waals surface area contributed by atoms with Gasteiger partial charge in [0, 0.05) is 24.9 Å². The quantitative estimate of drug-likeness (QED) is 0.351. The van der Waals surface area contributed by atoms with Crippen molar-refractivity contribution < 1.29 is 20.1 Å². The summed E-state index contributed by atoms with van der Waals surface area (Å²) in [6, 6.07) is 1.11. The monoisotopic (exact) mass is 405 g/mol. The zero-order chi connectivity index (χ0) is 20.3. The molecule has 2 aromatic rings. The molecule has 10 heteroatoms. The van der Waals surface area contributed by atoms with Gasteiger partial charge >= 0.3 is 0 Å². The summed E-state index contributed by atoms with van der Waals surface area (Å²) in [5.41, 5.74) is 6.51. The van der Waals surface area contributed by atoms with Gasteiger partial charge in [-0.2, -0.15) is 9.97 Å². The van der Waals surface area contributed by atoms with Crippen LogP contribution in [-0.2, 0) is 0 Å². The van der Waals surface area contributed by atoms with Crippen molar-refractivity contribution in [2.45, 2.75) is 24.7 Å². The Balaban J connectivity index is 1.95. The van der Waals surface area contributed by atoms with Crippen LogP contribution in [0.2, 0.25) is 5.15 Å². The minimum Gasteiger partial charge on any atom is -0.495 e. The number of anilines is 2. The summed E-state index contributed by atoms with van der Waals surface area (Å²) < 4.78 is 5.24. The van der Waals surface area contributed by atoms with Crippen LogP contribution in [0.4, 0.5) is 11.8 Å². The van der Waals surface area contributed by atoms with Gasteiger partial charge in [0.2, 0.25) is 5.95 Å². The summed E-state index contributed by atoms with van der Waals surface area (Å²) in [4.78, 5) is 12.1. The molecule has 28 heavy (non-hydrogen) atoms. The van der Waals surface area contributed by atoms with Crippen LogP contribution in [0.25, 0.3) is 0 Å². The first-order chi connectivity index (χ1) is 13.4. The number of nitrogens with one attached hydrogen (secondary N) is 1. The molecule has 9 nitrogen and oxygen atoms in total. The Hall–Kier alpha value is -2.64. The van der Waals surface area contributed by atoms with E-state index in [4.69, 9.17) is 22.1 Å². The molecule has 2 aromatic heterocycles. The standard InChI is InChI=1S/C18H20ClN5O4/c1-28-13-4-5-21-7-9(13)2-3-11-16(19)23-18(20)24-17(11)22-12-6-10(8-25)14(26)15(12)27/h4-5,7,10,12,14-15,25-27H,6,8H2,1H3,(H3,20,22,23,24)/t10-,12-,14-,15+/m1/s1. The van der Waals surface area contributed by atoms with E-state index in [1.165, 1.54) is 7.11 Å². The van der Waals surface area contributed by atoms with E-state index < -0.39 is 24.2 Å². The van der Waals surface area contributed by atoms with Gasteiger partial charge in [0.05, 0.1) is 24.8 Å². The van der Waals surface area contributed by atoms with E-state index in [0.29, 0.717) is 17.7 Å². The molecular weight excluding hydrogens is 386 g/mol.